The molecule has 3 heterocycles. The van der Waals surface area contributed by atoms with Crippen molar-refractivity contribution in [2.45, 2.75) is 43.7 Å². The molecule has 190 valence electrons. The summed E-state index contributed by atoms with van der Waals surface area (Å²) in [4.78, 5) is 30.4. The van der Waals surface area contributed by atoms with Gasteiger partial charge in [0.2, 0.25) is 0 Å². The van der Waals surface area contributed by atoms with Crippen LogP contribution in [0, 0.1) is 5.92 Å². The Morgan fingerprint density at radius 1 is 1.06 bits per heavy atom. The largest absolute Gasteiger partial charge is 0.381 e. The molecule has 3 saturated heterocycles. The second-order valence-electron chi connectivity index (χ2n) is 10.7. The molecule has 0 atom stereocenters. The van der Waals surface area contributed by atoms with E-state index >= 15 is 0 Å². The summed E-state index contributed by atoms with van der Waals surface area (Å²) in [6.07, 6.45) is 4.04. The number of carbonyl (C=O) groups is 2. The van der Waals surface area contributed by atoms with Gasteiger partial charge in [-0.1, -0.05) is 24.3 Å². The van der Waals surface area contributed by atoms with Crippen LogP contribution in [0.2, 0.25) is 0 Å². The Hall–Kier alpha value is -2.94. The number of nitrogens with one attached hydrogen (secondary N) is 3. The van der Waals surface area contributed by atoms with Crippen LogP contribution in [0.3, 0.4) is 0 Å². The van der Waals surface area contributed by atoms with E-state index in [1.807, 2.05) is 34.1 Å². The van der Waals surface area contributed by atoms with Gasteiger partial charge in [0.1, 0.15) is 0 Å². The van der Waals surface area contributed by atoms with E-state index in [0.717, 1.165) is 43.7 Å². The Morgan fingerprint density at radius 3 is 2.53 bits per heavy atom. The molecule has 1 saturated carbocycles. The second kappa shape index (κ2) is 9.84. The van der Waals surface area contributed by atoms with Crippen LogP contribution in [-0.2, 0) is 11.3 Å². The van der Waals surface area contributed by atoms with Gasteiger partial charge in [-0.05, 0) is 67.0 Å². The smallest absolute Gasteiger partial charge is 0.325 e. The number of urea groups is 1. The number of rotatable bonds is 7. The molecule has 2 aromatic rings. The summed E-state index contributed by atoms with van der Waals surface area (Å²) in [5, 5.41) is 3.05. The average Bonchev–Trinajstić information content (AvgIpc) is 3.52. The molecule has 0 bridgehead atoms. The van der Waals surface area contributed by atoms with Crippen molar-refractivity contribution in [1.29, 1.82) is 0 Å². The number of hydrogen-bond acceptors (Lipinski definition) is 5. The number of nitrogens with zero attached hydrogens (tertiary/aromatic N) is 2. The third-order valence-corrected chi connectivity index (χ3v) is 8.19. The van der Waals surface area contributed by atoms with E-state index in [0.29, 0.717) is 43.7 Å². The molecule has 8 nitrogen and oxygen atoms in total. The van der Waals surface area contributed by atoms with Crippen molar-refractivity contribution in [2.24, 2.45) is 5.92 Å². The maximum atomic E-state index is 13.8. The van der Waals surface area contributed by atoms with Crippen LogP contribution in [-0.4, -0.2) is 61.8 Å². The normalized spacial score (nSPS) is 21.9. The van der Waals surface area contributed by atoms with E-state index < -0.39 is 0 Å². The van der Waals surface area contributed by atoms with Gasteiger partial charge in [-0.2, -0.15) is 0 Å². The van der Waals surface area contributed by atoms with Crippen LogP contribution in [0.25, 0.3) is 0 Å². The highest BCUT2D eigenvalue weighted by Crippen LogP contribution is 2.39. The first-order valence-electron chi connectivity index (χ1n) is 13.2. The van der Waals surface area contributed by atoms with Crippen LogP contribution < -0.4 is 21.1 Å². The zero-order valence-corrected chi connectivity index (χ0v) is 20.7. The van der Waals surface area contributed by atoms with Gasteiger partial charge < -0.3 is 15.0 Å². The zero-order valence-electron chi connectivity index (χ0n) is 20.7. The molecule has 1 aliphatic carbocycles. The van der Waals surface area contributed by atoms with E-state index in [9.17, 15) is 9.59 Å². The maximum Gasteiger partial charge on any atom is 0.325 e. The quantitative estimate of drug-likeness (QED) is 0.557. The minimum Gasteiger partial charge on any atom is -0.381 e. The first-order chi connectivity index (χ1) is 17.6. The fraction of sp³-hybridized carbons (Fsp3) is 0.500. The highest BCUT2D eigenvalue weighted by Gasteiger charge is 2.50. The topological polar surface area (TPSA) is 85.9 Å². The van der Waals surface area contributed by atoms with E-state index in [1.165, 1.54) is 18.4 Å². The van der Waals surface area contributed by atoms with Crippen molar-refractivity contribution in [1.82, 2.24) is 21.1 Å². The summed E-state index contributed by atoms with van der Waals surface area (Å²) in [6.45, 7) is 5.02. The van der Waals surface area contributed by atoms with E-state index in [1.54, 1.807) is 0 Å². The van der Waals surface area contributed by atoms with Gasteiger partial charge in [0, 0.05) is 56.6 Å². The number of ether oxygens (including phenoxy) is 1. The monoisotopic (exact) mass is 489 g/mol. The van der Waals surface area contributed by atoms with Crippen molar-refractivity contribution < 1.29 is 14.3 Å². The fourth-order valence-electron chi connectivity index (χ4n) is 5.69. The van der Waals surface area contributed by atoms with Crippen molar-refractivity contribution in [2.75, 3.05) is 44.3 Å². The maximum absolute atomic E-state index is 13.8. The van der Waals surface area contributed by atoms with E-state index in [4.69, 9.17) is 4.74 Å². The molecule has 0 unspecified atom stereocenters. The second-order valence-corrected chi connectivity index (χ2v) is 10.7. The standard InChI is InChI=1S/C28H35N5O3/c34-26(29-15-20-4-5-20)23-3-1-2-21(14-23)18-33-27(35)32(19-28(33)10-12-36-13-11-28)25-8-6-22(7-9-25)24-16-30-31-17-24/h1-3,6-9,14,20,24,30-31H,4-5,10-13,15-19H2,(H,29,34). The van der Waals surface area contributed by atoms with Gasteiger partial charge in [0.15, 0.2) is 0 Å². The van der Waals surface area contributed by atoms with Gasteiger partial charge in [-0.15, -0.1) is 0 Å². The van der Waals surface area contributed by atoms with Crippen LogP contribution >= 0.6 is 0 Å². The Bertz CT molecular complexity index is 1100. The first-order valence-corrected chi connectivity index (χ1v) is 13.2. The predicted molar refractivity (Wildman–Crippen MR) is 138 cm³/mol. The molecule has 1 spiro atoms. The van der Waals surface area contributed by atoms with Gasteiger partial charge in [0.05, 0.1) is 12.1 Å². The predicted octanol–water partition coefficient (Wildman–Crippen LogP) is 3.01. The third-order valence-electron chi connectivity index (χ3n) is 8.19. The van der Waals surface area contributed by atoms with Crippen molar-refractivity contribution in [3.8, 4) is 0 Å². The average molecular weight is 490 g/mol. The molecule has 0 aromatic heterocycles. The molecule has 3 aliphatic heterocycles. The van der Waals surface area contributed by atoms with Gasteiger partial charge >= 0.3 is 6.03 Å². The minimum absolute atomic E-state index is 0.0254. The van der Waals surface area contributed by atoms with Gasteiger partial charge in [-0.3, -0.25) is 20.5 Å². The fourth-order valence-corrected chi connectivity index (χ4v) is 5.69. The number of amides is 3. The lowest BCUT2D eigenvalue weighted by Crippen LogP contribution is -2.50. The molecule has 8 heteroatoms. The highest BCUT2D eigenvalue weighted by molar-refractivity contribution is 5.96. The summed E-state index contributed by atoms with van der Waals surface area (Å²) < 4.78 is 5.68. The molecule has 36 heavy (non-hydrogen) atoms. The Kier molecular flexibility index (Phi) is 6.41. The third kappa shape index (κ3) is 4.73. The van der Waals surface area contributed by atoms with Crippen molar-refractivity contribution in [3.05, 3.63) is 65.2 Å². The van der Waals surface area contributed by atoms with Crippen molar-refractivity contribution in [3.63, 3.8) is 0 Å². The van der Waals surface area contributed by atoms with E-state index in [2.05, 4.69) is 40.4 Å². The van der Waals surface area contributed by atoms with Crippen molar-refractivity contribution >= 4 is 17.6 Å². The summed E-state index contributed by atoms with van der Waals surface area (Å²) in [5.74, 6) is 1.05. The van der Waals surface area contributed by atoms with E-state index in [-0.39, 0.29) is 17.5 Å². The molecule has 4 aliphatic rings. The highest BCUT2D eigenvalue weighted by atomic mass is 16.5. The molecular formula is C28H35N5O3. The van der Waals surface area contributed by atoms with Gasteiger partial charge in [0.25, 0.3) is 5.91 Å². The summed E-state index contributed by atoms with van der Waals surface area (Å²) >= 11 is 0. The number of anilines is 1. The Labute approximate surface area is 212 Å². The summed E-state index contributed by atoms with van der Waals surface area (Å²) in [7, 11) is 0. The molecule has 2 aromatic carbocycles. The van der Waals surface area contributed by atoms with Gasteiger partial charge in [-0.25, -0.2) is 4.79 Å². The number of carbonyl (C=O) groups excluding carboxylic acids is 2. The Balaban J connectivity index is 1.21. The summed E-state index contributed by atoms with van der Waals surface area (Å²) in [5.41, 5.74) is 9.94. The number of benzene rings is 2. The molecule has 0 radical (unpaired) electrons. The first kappa shape index (κ1) is 23.5. The Morgan fingerprint density at radius 2 is 1.81 bits per heavy atom. The number of hydrogen-bond donors (Lipinski definition) is 3. The summed E-state index contributed by atoms with van der Waals surface area (Å²) in [6, 6.07) is 16.2. The van der Waals surface area contributed by atoms with Crippen LogP contribution in [0.5, 0.6) is 0 Å². The van der Waals surface area contributed by atoms with Crippen LogP contribution in [0.4, 0.5) is 10.5 Å². The van der Waals surface area contributed by atoms with Crippen LogP contribution in [0.1, 0.15) is 53.1 Å². The van der Waals surface area contributed by atoms with Crippen LogP contribution in [0.15, 0.2) is 48.5 Å². The molecule has 3 N–H and O–H groups in total. The lowest BCUT2D eigenvalue weighted by Gasteiger charge is -2.40. The number of hydrazine groups is 1. The molecule has 4 fully saturated rings. The lowest BCUT2D eigenvalue weighted by atomic mass is 9.88. The molecule has 6 rings (SSSR count). The zero-order chi connectivity index (χ0) is 24.5. The SMILES string of the molecule is O=C(NCC1CC1)c1cccc(CN2C(=O)N(c3ccc(C4CNNC4)cc3)CC23CCOCC3)c1. The molecule has 3 amide bonds. The lowest BCUT2D eigenvalue weighted by molar-refractivity contribution is 0.00611. The minimum atomic E-state index is -0.266. The molecular weight excluding hydrogens is 454 g/mol.